The van der Waals surface area contributed by atoms with Crippen molar-refractivity contribution in [1.29, 1.82) is 0 Å². The van der Waals surface area contributed by atoms with Gasteiger partial charge in [0.05, 0.1) is 18.8 Å². The summed E-state index contributed by atoms with van der Waals surface area (Å²) in [4.78, 5) is 0. The standard InChI is InChI=1S/C10H15N3O/c1-7(2)5-13-10(8-3-4-8)9(6-14)11-12-13/h8,14H,1,3-6H2,2H3. The van der Waals surface area contributed by atoms with Gasteiger partial charge in [0.15, 0.2) is 0 Å². The number of aromatic nitrogens is 3. The fourth-order valence-corrected chi connectivity index (χ4v) is 1.64. The van der Waals surface area contributed by atoms with Gasteiger partial charge in [-0.15, -0.1) is 5.10 Å². The van der Waals surface area contributed by atoms with Crippen LogP contribution in [-0.2, 0) is 13.2 Å². The Hall–Kier alpha value is -1.16. The second-order valence-electron chi connectivity index (χ2n) is 3.97. The molecule has 0 aromatic carbocycles. The van der Waals surface area contributed by atoms with Crippen LogP contribution in [0.15, 0.2) is 12.2 Å². The number of allylic oxidation sites excluding steroid dienone is 1. The highest BCUT2D eigenvalue weighted by atomic mass is 16.3. The van der Waals surface area contributed by atoms with Crippen molar-refractivity contribution in [3.05, 3.63) is 23.5 Å². The molecule has 1 aliphatic rings. The Labute approximate surface area is 83.2 Å². The van der Waals surface area contributed by atoms with Gasteiger partial charge in [0.25, 0.3) is 0 Å². The summed E-state index contributed by atoms with van der Waals surface area (Å²) < 4.78 is 1.87. The third-order valence-electron chi connectivity index (χ3n) is 2.38. The van der Waals surface area contributed by atoms with E-state index in [0.29, 0.717) is 12.5 Å². The zero-order valence-electron chi connectivity index (χ0n) is 8.40. The lowest BCUT2D eigenvalue weighted by Gasteiger charge is -2.05. The Balaban J connectivity index is 2.29. The van der Waals surface area contributed by atoms with Crippen molar-refractivity contribution < 1.29 is 5.11 Å². The highest BCUT2D eigenvalue weighted by Gasteiger charge is 2.30. The van der Waals surface area contributed by atoms with E-state index < -0.39 is 0 Å². The summed E-state index contributed by atoms with van der Waals surface area (Å²) in [5.41, 5.74) is 2.89. The maximum absolute atomic E-state index is 9.10. The lowest BCUT2D eigenvalue weighted by molar-refractivity contribution is 0.275. The van der Waals surface area contributed by atoms with Crippen LogP contribution in [0.2, 0.25) is 0 Å². The van der Waals surface area contributed by atoms with Gasteiger partial charge in [0.1, 0.15) is 5.69 Å². The van der Waals surface area contributed by atoms with Crippen LogP contribution in [-0.4, -0.2) is 20.1 Å². The molecule has 0 saturated heterocycles. The van der Waals surface area contributed by atoms with Crippen LogP contribution in [0.25, 0.3) is 0 Å². The van der Waals surface area contributed by atoms with E-state index in [1.807, 2.05) is 11.6 Å². The van der Waals surface area contributed by atoms with E-state index in [-0.39, 0.29) is 6.61 Å². The molecule has 1 heterocycles. The third-order valence-corrected chi connectivity index (χ3v) is 2.38. The fourth-order valence-electron chi connectivity index (χ4n) is 1.64. The van der Waals surface area contributed by atoms with Gasteiger partial charge in [0.2, 0.25) is 0 Å². The van der Waals surface area contributed by atoms with Crippen molar-refractivity contribution in [2.45, 2.75) is 38.8 Å². The molecule has 0 radical (unpaired) electrons. The highest BCUT2D eigenvalue weighted by molar-refractivity contribution is 5.20. The first kappa shape index (κ1) is 9.40. The van der Waals surface area contributed by atoms with Crippen LogP contribution in [0.4, 0.5) is 0 Å². The molecule has 1 aliphatic carbocycles. The number of nitrogens with zero attached hydrogens (tertiary/aromatic N) is 3. The topological polar surface area (TPSA) is 50.9 Å². The minimum absolute atomic E-state index is 0.0119. The third kappa shape index (κ3) is 1.70. The Morgan fingerprint density at radius 1 is 1.64 bits per heavy atom. The predicted molar refractivity (Wildman–Crippen MR) is 52.7 cm³/mol. The first-order chi connectivity index (χ1) is 6.72. The van der Waals surface area contributed by atoms with Crippen molar-refractivity contribution >= 4 is 0 Å². The van der Waals surface area contributed by atoms with Crippen LogP contribution in [0.5, 0.6) is 0 Å². The van der Waals surface area contributed by atoms with Crippen molar-refractivity contribution in [3.63, 3.8) is 0 Å². The van der Waals surface area contributed by atoms with E-state index in [0.717, 1.165) is 17.0 Å². The molecule has 1 aromatic rings. The number of hydrogen-bond donors (Lipinski definition) is 1. The predicted octanol–water partition coefficient (Wildman–Crippen LogP) is 1.22. The molecule has 0 spiro atoms. The summed E-state index contributed by atoms with van der Waals surface area (Å²) in [7, 11) is 0. The van der Waals surface area contributed by atoms with E-state index in [1.165, 1.54) is 12.8 Å². The molecule has 1 saturated carbocycles. The number of aliphatic hydroxyl groups excluding tert-OH is 1. The molecule has 4 nitrogen and oxygen atoms in total. The summed E-state index contributed by atoms with van der Waals surface area (Å²) in [6, 6.07) is 0. The first-order valence-corrected chi connectivity index (χ1v) is 4.90. The first-order valence-electron chi connectivity index (χ1n) is 4.90. The van der Waals surface area contributed by atoms with E-state index in [1.54, 1.807) is 0 Å². The minimum atomic E-state index is -0.0119. The molecular formula is C10H15N3O. The summed E-state index contributed by atoms with van der Waals surface area (Å²) in [6.45, 7) is 6.52. The van der Waals surface area contributed by atoms with Crippen molar-refractivity contribution in [3.8, 4) is 0 Å². The van der Waals surface area contributed by atoms with Crippen LogP contribution in [0.3, 0.4) is 0 Å². The van der Waals surface area contributed by atoms with Gasteiger partial charge in [-0.3, -0.25) is 0 Å². The van der Waals surface area contributed by atoms with Crippen molar-refractivity contribution in [1.82, 2.24) is 15.0 Å². The smallest absolute Gasteiger partial charge is 0.112 e. The van der Waals surface area contributed by atoms with Gasteiger partial charge in [-0.25, -0.2) is 4.68 Å². The Morgan fingerprint density at radius 2 is 2.36 bits per heavy atom. The van der Waals surface area contributed by atoms with E-state index >= 15 is 0 Å². The van der Waals surface area contributed by atoms with Crippen LogP contribution in [0.1, 0.15) is 37.1 Å². The summed E-state index contributed by atoms with van der Waals surface area (Å²) in [5.74, 6) is 0.562. The number of hydrogen-bond acceptors (Lipinski definition) is 3. The molecule has 1 aromatic heterocycles. The second-order valence-corrected chi connectivity index (χ2v) is 3.97. The monoisotopic (exact) mass is 193 g/mol. The molecule has 0 atom stereocenters. The fraction of sp³-hybridized carbons (Fsp3) is 0.600. The van der Waals surface area contributed by atoms with Gasteiger partial charge < -0.3 is 5.11 Å². The van der Waals surface area contributed by atoms with Crippen LogP contribution < -0.4 is 0 Å². The van der Waals surface area contributed by atoms with Crippen LogP contribution >= 0.6 is 0 Å². The normalized spacial score (nSPS) is 15.9. The van der Waals surface area contributed by atoms with Gasteiger partial charge >= 0.3 is 0 Å². The van der Waals surface area contributed by atoms with Gasteiger partial charge in [-0.05, 0) is 19.8 Å². The van der Waals surface area contributed by atoms with Gasteiger partial charge in [-0.1, -0.05) is 17.4 Å². The van der Waals surface area contributed by atoms with Crippen molar-refractivity contribution in [2.24, 2.45) is 0 Å². The summed E-state index contributed by atoms with van der Waals surface area (Å²) in [6.07, 6.45) is 2.38. The number of rotatable bonds is 4. The molecule has 4 heteroatoms. The zero-order valence-corrected chi connectivity index (χ0v) is 8.40. The molecular weight excluding hydrogens is 178 g/mol. The van der Waals surface area contributed by atoms with E-state index in [9.17, 15) is 0 Å². The summed E-state index contributed by atoms with van der Waals surface area (Å²) in [5, 5.41) is 17.1. The maximum atomic E-state index is 9.10. The minimum Gasteiger partial charge on any atom is -0.390 e. The van der Waals surface area contributed by atoms with Crippen molar-refractivity contribution in [2.75, 3.05) is 0 Å². The lowest BCUT2D eigenvalue weighted by atomic mass is 10.2. The van der Waals surface area contributed by atoms with Crippen LogP contribution in [0, 0.1) is 0 Å². The Kier molecular flexibility index (Phi) is 2.37. The average Bonchev–Trinajstić information content (AvgIpc) is 2.88. The van der Waals surface area contributed by atoms with E-state index in [4.69, 9.17) is 5.11 Å². The molecule has 14 heavy (non-hydrogen) atoms. The largest absolute Gasteiger partial charge is 0.390 e. The second kappa shape index (κ2) is 3.53. The zero-order chi connectivity index (χ0) is 10.1. The Morgan fingerprint density at radius 3 is 2.86 bits per heavy atom. The average molecular weight is 193 g/mol. The Bertz CT molecular complexity index is 352. The maximum Gasteiger partial charge on any atom is 0.112 e. The molecule has 1 N–H and O–H groups in total. The highest BCUT2D eigenvalue weighted by Crippen LogP contribution is 2.41. The molecule has 2 rings (SSSR count). The molecule has 76 valence electrons. The molecule has 0 bridgehead atoms. The SMILES string of the molecule is C=C(C)Cn1nnc(CO)c1C1CC1. The molecule has 1 fully saturated rings. The molecule has 0 amide bonds. The number of aliphatic hydroxyl groups is 1. The molecule has 0 aliphatic heterocycles. The lowest BCUT2D eigenvalue weighted by Crippen LogP contribution is -2.06. The molecule has 0 unspecified atom stereocenters. The van der Waals surface area contributed by atoms with E-state index in [2.05, 4.69) is 16.9 Å². The quantitative estimate of drug-likeness (QED) is 0.731. The summed E-state index contributed by atoms with van der Waals surface area (Å²) >= 11 is 0. The van der Waals surface area contributed by atoms with Gasteiger partial charge in [-0.2, -0.15) is 0 Å². The van der Waals surface area contributed by atoms with Gasteiger partial charge in [0, 0.05) is 5.92 Å².